The van der Waals surface area contributed by atoms with Crippen molar-refractivity contribution in [2.75, 3.05) is 0 Å². The summed E-state index contributed by atoms with van der Waals surface area (Å²) in [6.45, 7) is 0. The van der Waals surface area contributed by atoms with E-state index >= 15 is 0 Å². The molecule has 0 saturated heterocycles. The van der Waals surface area contributed by atoms with Crippen molar-refractivity contribution in [2.24, 2.45) is 0 Å². The van der Waals surface area contributed by atoms with Crippen LogP contribution in [0.4, 0.5) is 0 Å². The third-order valence-corrected chi connectivity index (χ3v) is 8.93. The number of fused-ring (bicyclic) bond motifs is 9. The van der Waals surface area contributed by atoms with E-state index < -0.39 is 24.2 Å². The molecular weight excluding hydrogens is 560 g/mol. The Kier molecular flexibility index (Phi) is 3.92. The standard InChI is InChI=1S/C44H26O2/c1-2-10-27(11-3-1)28-18-20-29(21-19-28)41-32-13-4-6-15-34(32)42(35-16-7-5-14-33(35)41)30-22-25-40-38(26-30)37-24-23-36-31-12-8-9-17-39(31)45-43(36)44(37)46-40/h1-26H/i4D,5D,6D,7D,13D,14D,15D,16D. The Morgan fingerprint density at radius 2 is 0.826 bits per heavy atom. The van der Waals surface area contributed by atoms with Gasteiger partial charge in [0.1, 0.15) is 11.2 Å². The molecule has 2 aromatic heterocycles. The second kappa shape index (κ2) is 9.69. The molecule has 0 bridgehead atoms. The van der Waals surface area contributed by atoms with Crippen LogP contribution >= 0.6 is 0 Å². The van der Waals surface area contributed by atoms with Crippen molar-refractivity contribution >= 4 is 65.4 Å². The number of benzene rings is 8. The van der Waals surface area contributed by atoms with Crippen LogP contribution in [0.15, 0.2) is 166 Å². The lowest BCUT2D eigenvalue weighted by molar-refractivity contribution is 0.633. The van der Waals surface area contributed by atoms with Crippen LogP contribution in [0.2, 0.25) is 0 Å². The lowest BCUT2D eigenvalue weighted by Gasteiger charge is -2.18. The molecule has 0 amide bonds. The number of furan rings is 2. The van der Waals surface area contributed by atoms with Crippen molar-refractivity contribution in [1.82, 2.24) is 0 Å². The maximum absolute atomic E-state index is 9.31. The van der Waals surface area contributed by atoms with E-state index in [0.717, 1.165) is 32.9 Å². The van der Waals surface area contributed by atoms with E-state index in [1.165, 1.54) is 0 Å². The van der Waals surface area contributed by atoms with Gasteiger partial charge in [0.05, 0.1) is 11.0 Å². The Labute approximate surface area is 276 Å². The maximum Gasteiger partial charge on any atom is 0.178 e. The second-order valence-electron chi connectivity index (χ2n) is 11.4. The molecular formula is C44H26O2. The Hall–Kier alpha value is -6.12. The molecule has 0 N–H and O–H groups in total. The highest BCUT2D eigenvalue weighted by Gasteiger charge is 2.19. The van der Waals surface area contributed by atoms with Gasteiger partial charge in [-0.15, -0.1) is 0 Å². The van der Waals surface area contributed by atoms with Crippen LogP contribution in [0.1, 0.15) is 11.0 Å². The first-order chi connectivity index (χ1) is 26.1. The molecule has 0 spiro atoms. The summed E-state index contributed by atoms with van der Waals surface area (Å²) in [7, 11) is 0. The largest absolute Gasteiger partial charge is 0.452 e. The lowest BCUT2D eigenvalue weighted by Crippen LogP contribution is -1.91. The molecule has 214 valence electrons. The van der Waals surface area contributed by atoms with Crippen LogP contribution in [0.3, 0.4) is 0 Å². The highest BCUT2D eigenvalue weighted by atomic mass is 16.4. The molecule has 2 nitrogen and oxygen atoms in total. The minimum Gasteiger partial charge on any atom is -0.452 e. The van der Waals surface area contributed by atoms with Crippen molar-refractivity contribution in [3.63, 3.8) is 0 Å². The molecule has 0 aliphatic carbocycles. The van der Waals surface area contributed by atoms with E-state index in [1.807, 2.05) is 97.1 Å². The molecule has 2 heterocycles. The summed E-state index contributed by atoms with van der Waals surface area (Å²) in [5, 5.41) is 4.02. The molecule has 0 unspecified atom stereocenters. The van der Waals surface area contributed by atoms with Crippen molar-refractivity contribution in [3.05, 3.63) is 158 Å². The van der Waals surface area contributed by atoms with Gasteiger partial charge in [0.25, 0.3) is 0 Å². The zero-order chi connectivity index (χ0) is 37.2. The highest BCUT2D eigenvalue weighted by molar-refractivity contribution is 6.23. The van der Waals surface area contributed by atoms with Crippen LogP contribution in [0.5, 0.6) is 0 Å². The van der Waals surface area contributed by atoms with Crippen molar-refractivity contribution < 1.29 is 19.8 Å². The van der Waals surface area contributed by atoms with Gasteiger partial charge in [-0.2, -0.15) is 0 Å². The van der Waals surface area contributed by atoms with E-state index in [1.54, 1.807) is 12.1 Å². The van der Waals surface area contributed by atoms with Gasteiger partial charge in [0.2, 0.25) is 0 Å². The highest BCUT2D eigenvalue weighted by Crippen LogP contribution is 2.45. The zero-order valence-electron chi connectivity index (χ0n) is 32.2. The SMILES string of the molecule is [2H]c1c([2H])c([2H])c2c(-c3ccc4oc5c(ccc6c7ccccc7oc65)c4c3)c3c([2H])c([2H])c([2H])c([2H])c3c(-c3ccc(-c4ccccc4)cc3)c2c1[2H]. The van der Waals surface area contributed by atoms with Crippen molar-refractivity contribution in [3.8, 4) is 33.4 Å². The van der Waals surface area contributed by atoms with Gasteiger partial charge in [-0.1, -0.05) is 127 Å². The third kappa shape index (κ3) is 3.65. The first-order valence-corrected chi connectivity index (χ1v) is 15.0. The predicted molar refractivity (Wildman–Crippen MR) is 192 cm³/mol. The summed E-state index contributed by atoms with van der Waals surface area (Å²) in [4.78, 5) is 0. The fourth-order valence-electron chi connectivity index (χ4n) is 6.83. The van der Waals surface area contributed by atoms with Gasteiger partial charge < -0.3 is 8.83 Å². The zero-order valence-corrected chi connectivity index (χ0v) is 24.2. The Bertz CT molecular complexity index is 3160. The Morgan fingerprint density at radius 1 is 0.348 bits per heavy atom. The van der Waals surface area contributed by atoms with Gasteiger partial charge in [0.15, 0.2) is 11.2 Å². The molecule has 46 heavy (non-hydrogen) atoms. The van der Waals surface area contributed by atoms with Gasteiger partial charge in [-0.3, -0.25) is 0 Å². The van der Waals surface area contributed by atoms with E-state index in [0.29, 0.717) is 38.8 Å². The lowest BCUT2D eigenvalue weighted by atomic mass is 9.85. The summed E-state index contributed by atoms with van der Waals surface area (Å²) in [6.07, 6.45) is 0. The first kappa shape index (κ1) is 18.6. The molecule has 0 aliphatic heterocycles. The van der Waals surface area contributed by atoms with Gasteiger partial charge in [-0.05, 0) is 85.3 Å². The monoisotopic (exact) mass is 594 g/mol. The van der Waals surface area contributed by atoms with Crippen LogP contribution in [-0.2, 0) is 0 Å². The molecule has 10 aromatic rings. The molecule has 0 fully saturated rings. The van der Waals surface area contributed by atoms with Gasteiger partial charge >= 0.3 is 0 Å². The van der Waals surface area contributed by atoms with Crippen LogP contribution in [0.25, 0.3) is 98.8 Å². The molecule has 10 rings (SSSR count). The van der Waals surface area contributed by atoms with Crippen LogP contribution < -0.4 is 0 Å². The van der Waals surface area contributed by atoms with Crippen LogP contribution in [0, 0.1) is 0 Å². The average molecular weight is 595 g/mol. The Balaban J connectivity index is 1.34. The maximum atomic E-state index is 9.31. The number of rotatable bonds is 3. The molecule has 0 aliphatic rings. The summed E-state index contributed by atoms with van der Waals surface area (Å²) in [6, 6.07) is 31.4. The summed E-state index contributed by atoms with van der Waals surface area (Å²) >= 11 is 0. The van der Waals surface area contributed by atoms with E-state index in [4.69, 9.17) is 14.3 Å². The summed E-state index contributed by atoms with van der Waals surface area (Å²) in [5.74, 6) is 0. The molecule has 0 atom stereocenters. The minimum atomic E-state index is -0.443. The molecule has 8 aromatic carbocycles. The fourth-order valence-corrected chi connectivity index (χ4v) is 6.83. The van der Waals surface area contributed by atoms with E-state index in [-0.39, 0.29) is 51.3 Å². The quantitative estimate of drug-likeness (QED) is 0.190. The Morgan fingerprint density at radius 3 is 1.48 bits per heavy atom. The number of para-hydroxylation sites is 1. The smallest absolute Gasteiger partial charge is 0.178 e. The van der Waals surface area contributed by atoms with Gasteiger partial charge in [-0.25, -0.2) is 0 Å². The first-order valence-electron chi connectivity index (χ1n) is 19.0. The topological polar surface area (TPSA) is 26.3 Å². The average Bonchev–Trinajstić information content (AvgIpc) is 3.78. The summed E-state index contributed by atoms with van der Waals surface area (Å²) < 4.78 is 84.9. The van der Waals surface area contributed by atoms with Crippen LogP contribution in [-0.4, -0.2) is 0 Å². The predicted octanol–water partition coefficient (Wildman–Crippen LogP) is 12.8. The van der Waals surface area contributed by atoms with Crippen molar-refractivity contribution in [1.29, 1.82) is 0 Å². The van der Waals surface area contributed by atoms with Crippen molar-refractivity contribution in [2.45, 2.75) is 0 Å². The molecule has 0 radical (unpaired) electrons. The second-order valence-corrected chi connectivity index (χ2v) is 11.4. The number of hydrogen-bond donors (Lipinski definition) is 0. The fraction of sp³-hybridized carbons (Fsp3) is 0. The van der Waals surface area contributed by atoms with Gasteiger partial charge in [0, 0.05) is 21.5 Å². The third-order valence-electron chi connectivity index (χ3n) is 8.93. The minimum absolute atomic E-state index is 0.160. The van der Waals surface area contributed by atoms with E-state index in [9.17, 15) is 5.48 Å². The summed E-state index contributed by atoms with van der Waals surface area (Å²) in [5.41, 5.74) is 6.02. The molecule has 2 heteroatoms. The van der Waals surface area contributed by atoms with E-state index in [2.05, 4.69) is 0 Å². The number of hydrogen-bond acceptors (Lipinski definition) is 2. The molecule has 0 saturated carbocycles. The normalized spacial score (nSPS) is 14.3.